The molecule has 1 aromatic rings. The van der Waals surface area contributed by atoms with Gasteiger partial charge in [-0.05, 0) is 18.9 Å². The Morgan fingerprint density at radius 3 is 3.00 bits per heavy atom. The van der Waals surface area contributed by atoms with Gasteiger partial charge in [0.1, 0.15) is 5.82 Å². The van der Waals surface area contributed by atoms with Crippen molar-refractivity contribution in [2.75, 3.05) is 30.8 Å². The van der Waals surface area contributed by atoms with E-state index in [1.807, 2.05) is 0 Å². The van der Waals surface area contributed by atoms with Crippen molar-refractivity contribution in [1.29, 1.82) is 0 Å². The predicted octanol–water partition coefficient (Wildman–Crippen LogP) is 2.55. The number of nitrogen functional groups attached to an aromatic ring is 1. The zero-order valence-electron chi connectivity index (χ0n) is 9.50. The smallest absolute Gasteiger partial charge is 0.144 e. The van der Waals surface area contributed by atoms with Crippen molar-refractivity contribution in [2.24, 2.45) is 0 Å². The number of ether oxygens (including phenoxy) is 1. The number of pyridine rings is 1. The predicted molar refractivity (Wildman–Crippen MR) is 67.9 cm³/mol. The van der Waals surface area contributed by atoms with Gasteiger partial charge in [-0.1, -0.05) is 18.5 Å². The van der Waals surface area contributed by atoms with Gasteiger partial charge in [0.05, 0.1) is 16.9 Å². The maximum absolute atomic E-state index is 5.96. The lowest BCUT2D eigenvalue weighted by molar-refractivity contribution is 0.134. The van der Waals surface area contributed by atoms with Crippen LogP contribution in [0.1, 0.15) is 19.8 Å². The van der Waals surface area contributed by atoms with Gasteiger partial charge in [-0.15, -0.1) is 0 Å². The van der Waals surface area contributed by atoms with E-state index in [4.69, 9.17) is 22.1 Å². The second kappa shape index (κ2) is 7.30. The molecule has 4 nitrogen and oxygen atoms in total. The van der Waals surface area contributed by atoms with Crippen LogP contribution in [0.25, 0.3) is 0 Å². The topological polar surface area (TPSA) is 60.2 Å². The van der Waals surface area contributed by atoms with Crippen molar-refractivity contribution < 1.29 is 4.74 Å². The van der Waals surface area contributed by atoms with Gasteiger partial charge < -0.3 is 15.8 Å². The highest BCUT2D eigenvalue weighted by Gasteiger charge is 2.00. The number of aromatic nitrogens is 1. The molecule has 0 atom stereocenters. The Morgan fingerprint density at radius 2 is 2.31 bits per heavy atom. The normalized spacial score (nSPS) is 10.4. The van der Waals surface area contributed by atoms with Crippen LogP contribution in [-0.2, 0) is 4.74 Å². The number of rotatable bonds is 7. The van der Waals surface area contributed by atoms with Crippen LogP contribution >= 0.6 is 11.6 Å². The fourth-order valence-corrected chi connectivity index (χ4v) is 1.45. The minimum absolute atomic E-state index is 0.550. The molecule has 0 aliphatic heterocycles. The summed E-state index contributed by atoms with van der Waals surface area (Å²) in [5.41, 5.74) is 6.11. The first-order chi connectivity index (χ1) is 7.74. The number of nitrogens with zero attached hydrogens (tertiary/aromatic N) is 1. The first-order valence-corrected chi connectivity index (χ1v) is 5.84. The molecule has 1 rings (SSSR count). The molecule has 90 valence electrons. The quantitative estimate of drug-likeness (QED) is 0.723. The number of halogens is 1. The highest BCUT2D eigenvalue weighted by atomic mass is 35.5. The van der Waals surface area contributed by atoms with Crippen molar-refractivity contribution in [3.05, 3.63) is 17.3 Å². The monoisotopic (exact) mass is 243 g/mol. The number of anilines is 2. The van der Waals surface area contributed by atoms with Crippen LogP contribution in [0, 0.1) is 0 Å². The van der Waals surface area contributed by atoms with E-state index in [0.717, 1.165) is 32.6 Å². The van der Waals surface area contributed by atoms with Gasteiger partial charge in [0.2, 0.25) is 0 Å². The molecular weight excluding hydrogens is 226 g/mol. The van der Waals surface area contributed by atoms with E-state index in [1.54, 1.807) is 12.3 Å². The van der Waals surface area contributed by atoms with E-state index < -0.39 is 0 Å². The molecule has 0 aromatic carbocycles. The van der Waals surface area contributed by atoms with E-state index in [2.05, 4.69) is 17.2 Å². The molecule has 0 aliphatic rings. The minimum atomic E-state index is 0.550. The summed E-state index contributed by atoms with van der Waals surface area (Å²) < 4.78 is 5.36. The minimum Gasteiger partial charge on any atom is -0.397 e. The summed E-state index contributed by atoms with van der Waals surface area (Å²) in [7, 11) is 0. The Hall–Kier alpha value is -1.00. The first-order valence-electron chi connectivity index (χ1n) is 5.46. The molecule has 0 aliphatic carbocycles. The fraction of sp³-hybridized carbons (Fsp3) is 0.545. The molecule has 1 heterocycles. The third kappa shape index (κ3) is 4.68. The standard InChI is InChI=1S/C11H18ClN3O/c1-2-5-16-6-3-4-14-11-10(12)7-9(13)8-15-11/h7-8H,2-6,13H2,1H3,(H,14,15). The molecule has 1 aromatic heterocycles. The highest BCUT2D eigenvalue weighted by Crippen LogP contribution is 2.20. The first kappa shape index (κ1) is 13.1. The van der Waals surface area contributed by atoms with Crippen LogP contribution in [0.2, 0.25) is 5.02 Å². The number of nitrogens with one attached hydrogen (secondary N) is 1. The third-order valence-corrected chi connectivity index (χ3v) is 2.26. The van der Waals surface area contributed by atoms with Gasteiger partial charge in [0.15, 0.2) is 0 Å². The van der Waals surface area contributed by atoms with E-state index in [-0.39, 0.29) is 0 Å². The molecule has 0 amide bonds. The summed E-state index contributed by atoms with van der Waals surface area (Å²) >= 11 is 5.96. The Kier molecular flexibility index (Phi) is 5.96. The summed E-state index contributed by atoms with van der Waals surface area (Å²) in [6.07, 6.45) is 3.57. The van der Waals surface area contributed by atoms with Gasteiger partial charge >= 0.3 is 0 Å². The number of hydrogen-bond donors (Lipinski definition) is 2. The molecule has 0 spiro atoms. The zero-order valence-corrected chi connectivity index (χ0v) is 10.3. The third-order valence-electron chi connectivity index (χ3n) is 1.97. The molecule has 0 fully saturated rings. The van der Waals surface area contributed by atoms with Gasteiger partial charge in [-0.25, -0.2) is 4.98 Å². The van der Waals surface area contributed by atoms with Crippen molar-refractivity contribution >= 4 is 23.1 Å². The molecule has 5 heteroatoms. The van der Waals surface area contributed by atoms with Crippen molar-refractivity contribution in [3.8, 4) is 0 Å². The van der Waals surface area contributed by atoms with E-state index >= 15 is 0 Å². The Morgan fingerprint density at radius 1 is 1.50 bits per heavy atom. The number of hydrogen-bond acceptors (Lipinski definition) is 4. The SMILES string of the molecule is CCCOCCCNc1ncc(N)cc1Cl. The molecule has 0 bridgehead atoms. The van der Waals surface area contributed by atoms with E-state index in [0.29, 0.717) is 16.5 Å². The summed E-state index contributed by atoms with van der Waals surface area (Å²) in [6, 6.07) is 1.68. The van der Waals surface area contributed by atoms with Crippen LogP contribution < -0.4 is 11.1 Å². The van der Waals surface area contributed by atoms with Crippen LogP contribution in [0.15, 0.2) is 12.3 Å². The maximum Gasteiger partial charge on any atom is 0.144 e. The molecule has 0 radical (unpaired) electrons. The molecule has 0 saturated heterocycles. The summed E-state index contributed by atoms with van der Waals surface area (Å²) in [6.45, 7) is 4.46. The lowest BCUT2D eigenvalue weighted by Gasteiger charge is -2.07. The van der Waals surface area contributed by atoms with E-state index in [1.165, 1.54) is 0 Å². The van der Waals surface area contributed by atoms with E-state index in [9.17, 15) is 0 Å². The molecule has 16 heavy (non-hydrogen) atoms. The number of nitrogens with two attached hydrogens (primary N) is 1. The molecule has 0 saturated carbocycles. The van der Waals surface area contributed by atoms with Crippen LogP contribution in [-0.4, -0.2) is 24.7 Å². The van der Waals surface area contributed by atoms with Crippen molar-refractivity contribution in [3.63, 3.8) is 0 Å². The lowest BCUT2D eigenvalue weighted by atomic mass is 10.4. The van der Waals surface area contributed by atoms with Crippen molar-refractivity contribution in [2.45, 2.75) is 19.8 Å². The van der Waals surface area contributed by atoms with Gasteiger partial charge in [0, 0.05) is 19.8 Å². The van der Waals surface area contributed by atoms with Gasteiger partial charge in [-0.3, -0.25) is 0 Å². The summed E-state index contributed by atoms with van der Waals surface area (Å²) in [5.74, 6) is 0.673. The molecular formula is C11H18ClN3O. The molecule has 3 N–H and O–H groups in total. The van der Waals surface area contributed by atoms with Gasteiger partial charge in [0.25, 0.3) is 0 Å². The Bertz CT molecular complexity index is 320. The van der Waals surface area contributed by atoms with Crippen LogP contribution in [0.5, 0.6) is 0 Å². The summed E-state index contributed by atoms with van der Waals surface area (Å²) in [5, 5.41) is 3.69. The van der Waals surface area contributed by atoms with Crippen LogP contribution in [0.4, 0.5) is 11.5 Å². The van der Waals surface area contributed by atoms with Crippen LogP contribution in [0.3, 0.4) is 0 Å². The van der Waals surface area contributed by atoms with Crippen molar-refractivity contribution in [1.82, 2.24) is 4.98 Å². The molecule has 0 unspecified atom stereocenters. The highest BCUT2D eigenvalue weighted by molar-refractivity contribution is 6.33. The largest absolute Gasteiger partial charge is 0.397 e. The second-order valence-electron chi connectivity index (χ2n) is 3.49. The van der Waals surface area contributed by atoms with Gasteiger partial charge in [-0.2, -0.15) is 0 Å². The second-order valence-corrected chi connectivity index (χ2v) is 3.90. The Balaban J connectivity index is 2.21. The maximum atomic E-state index is 5.96. The fourth-order valence-electron chi connectivity index (χ4n) is 1.21. The Labute approximate surface area is 101 Å². The zero-order chi connectivity index (χ0) is 11.8. The average Bonchev–Trinajstić information content (AvgIpc) is 2.26. The average molecular weight is 244 g/mol. The lowest BCUT2D eigenvalue weighted by Crippen LogP contribution is -2.07. The summed E-state index contributed by atoms with van der Waals surface area (Å²) in [4.78, 5) is 4.10.